The zero-order valence-corrected chi connectivity index (χ0v) is 11.6. The summed E-state index contributed by atoms with van der Waals surface area (Å²) in [5, 5.41) is 6.36. The Morgan fingerprint density at radius 3 is 2.52 bits per heavy atom. The number of nitrogens with two attached hydrogens (primary N) is 1. The van der Waals surface area contributed by atoms with Crippen LogP contribution in [-0.4, -0.2) is 24.0 Å². The van der Waals surface area contributed by atoms with Crippen LogP contribution < -0.4 is 5.14 Å². The molecule has 0 saturated carbocycles. The zero-order valence-electron chi connectivity index (χ0n) is 10.8. The number of hydrogen-bond acceptors (Lipinski definition) is 4. The summed E-state index contributed by atoms with van der Waals surface area (Å²) in [6.45, 7) is 0. The van der Waals surface area contributed by atoms with E-state index < -0.39 is 24.0 Å². The van der Waals surface area contributed by atoms with Crippen molar-refractivity contribution in [1.29, 1.82) is 0 Å². The molecular weight excluding hydrogens is 303 g/mol. The minimum Gasteiger partial charge on any atom is -0.448 e. The molecule has 0 fully saturated rings. The summed E-state index contributed by atoms with van der Waals surface area (Å²) in [6, 6.07) is 11.7. The van der Waals surface area contributed by atoms with Crippen LogP contribution in [-0.2, 0) is 4.74 Å². The number of fused-ring (bicyclic) bond motifs is 1. The fourth-order valence-electron chi connectivity index (χ4n) is 1.88. The van der Waals surface area contributed by atoms with Gasteiger partial charge in [-0.2, -0.15) is 13.2 Å². The van der Waals surface area contributed by atoms with E-state index in [0.29, 0.717) is 17.3 Å². The maximum Gasteiger partial charge on any atom is 0.426 e. The van der Waals surface area contributed by atoms with Gasteiger partial charge in [-0.3, -0.25) is 5.14 Å². The highest BCUT2D eigenvalue weighted by molar-refractivity contribution is 7.97. The van der Waals surface area contributed by atoms with Crippen LogP contribution >= 0.6 is 11.9 Å². The number of alkyl halides is 3. The molecule has 0 heterocycles. The quantitative estimate of drug-likeness (QED) is 0.692. The second-order valence-corrected chi connectivity index (χ2v) is 4.96. The van der Waals surface area contributed by atoms with Gasteiger partial charge in [-0.15, -0.1) is 0 Å². The number of benzene rings is 2. The summed E-state index contributed by atoms with van der Waals surface area (Å²) in [5.74, 6) is -1.55. The maximum absolute atomic E-state index is 12.8. The number of hydrogen-bond donors (Lipinski definition) is 1. The van der Waals surface area contributed by atoms with Gasteiger partial charge in [0.1, 0.15) is 0 Å². The fourth-order valence-corrected chi connectivity index (χ4v) is 2.31. The lowest BCUT2D eigenvalue weighted by Crippen LogP contribution is -2.36. The molecule has 0 bridgehead atoms. The van der Waals surface area contributed by atoms with E-state index in [1.54, 1.807) is 36.4 Å². The van der Waals surface area contributed by atoms with Gasteiger partial charge in [0.05, 0.1) is 11.3 Å². The van der Waals surface area contributed by atoms with E-state index >= 15 is 0 Å². The molecule has 3 nitrogen and oxygen atoms in total. The second kappa shape index (κ2) is 6.36. The molecule has 2 aromatic rings. The van der Waals surface area contributed by atoms with Crippen molar-refractivity contribution in [2.75, 3.05) is 5.75 Å². The van der Waals surface area contributed by atoms with E-state index in [4.69, 9.17) is 5.14 Å². The first kappa shape index (κ1) is 15.7. The minimum atomic E-state index is -4.65. The van der Waals surface area contributed by atoms with Gasteiger partial charge >= 0.3 is 12.1 Å². The summed E-state index contributed by atoms with van der Waals surface area (Å²) in [5.41, 5.74) is 0.101. The molecule has 0 amide bonds. The van der Waals surface area contributed by atoms with Crippen molar-refractivity contribution in [1.82, 2.24) is 0 Å². The number of carbonyl (C=O) groups excluding carboxylic acids is 1. The highest BCUT2D eigenvalue weighted by Gasteiger charge is 2.42. The molecule has 0 spiro atoms. The fraction of sp³-hybridized carbons (Fsp3) is 0.214. The molecule has 112 valence electrons. The average Bonchev–Trinajstić information content (AvgIpc) is 2.45. The Labute approximate surface area is 123 Å². The smallest absolute Gasteiger partial charge is 0.426 e. The predicted octanol–water partition coefficient (Wildman–Crippen LogP) is 3.53. The lowest BCUT2D eigenvalue weighted by atomic mass is 10.0. The molecule has 2 aromatic carbocycles. The Balaban J connectivity index is 2.30. The van der Waals surface area contributed by atoms with Crippen molar-refractivity contribution in [3.05, 3.63) is 48.0 Å². The highest BCUT2D eigenvalue weighted by atomic mass is 32.2. The molecule has 2 N–H and O–H groups in total. The van der Waals surface area contributed by atoms with Crippen LogP contribution in [0.2, 0.25) is 0 Å². The first-order valence-corrected chi connectivity index (χ1v) is 7.05. The average molecular weight is 315 g/mol. The molecule has 0 saturated heterocycles. The molecule has 0 aliphatic carbocycles. The third-order valence-electron chi connectivity index (χ3n) is 2.87. The summed E-state index contributed by atoms with van der Waals surface area (Å²) in [6.07, 6.45) is -6.87. The van der Waals surface area contributed by atoms with Crippen LogP contribution in [0, 0.1) is 0 Å². The normalized spacial score (nSPS) is 13.1. The van der Waals surface area contributed by atoms with Gasteiger partial charge < -0.3 is 4.74 Å². The Kier molecular flexibility index (Phi) is 4.74. The number of carbonyl (C=O) groups is 1. The first-order valence-electron chi connectivity index (χ1n) is 6.00. The third-order valence-corrected chi connectivity index (χ3v) is 3.37. The van der Waals surface area contributed by atoms with E-state index in [1.807, 2.05) is 0 Å². The summed E-state index contributed by atoms with van der Waals surface area (Å²) >= 11 is 0.480. The topological polar surface area (TPSA) is 52.3 Å². The van der Waals surface area contributed by atoms with Crippen molar-refractivity contribution in [3.8, 4) is 0 Å². The third kappa shape index (κ3) is 3.68. The largest absolute Gasteiger partial charge is 0.448 e. The van der Waals surface area contributed by atoms with Crippen molar-refractivity contribution < 1.29 is 22.7 Å². The summed E-state index contributed by atoms with van der Waals surface area (Å²) < 4.78 is 42.8. The van der Waals surface area contributed by atoms with Crippen LogP contribution in [0.5, 0.6) is 0 Å². The molecule has 0 aliphatic heterocycles. The molecule has 1 atom stereocenters. The second-order valence-electron chi connectivity index (χ2n) is 4.30. The Hall–Kier alpha value is -1.73. The van der Waals surface area contributed by atoms with Gasteiger partial charge in [0.15, 0.2) is 0 Å². The molecule has 2 rings (SSSR count). The lowest BCUT2D eigenvalue weighted by molar-refractivity contribution is -0.196. The van der Waals surface area contributed by atoms with Crippen molar-refractivity contribution in [2.45, 2.75) is 12.3 Å². The standard InChI is InChI=1S/C14H12F3NO2S/c15-14(16,17)12(8-21-18)20-13(19)11-7-3-5-9-4-1-2-6-10(9)11/h1-7,12H,8,18H2. The van der Waals surface area contributed by atoms with Gasteiger partial charge in [-0.25, -0.2) is 4.79 Å². The van der Waals surface area contributed by atoms with Gasteiger partial charge in [-0.1, -0.05) is 48.3 Å². The van der Waals surface area contributed by atoms with Crippen LogP contribution in [0.3, 0.4) is 0 Å². The summed E-state index contributed by atoms with van der Waals surface area (Å²) in [7, 11) is 0. The molecule has 0 aromatic heterocycles. The molecule has 0 aliphatic rings. The Bertz CT molecular complexity index is 640. The van der Waals surface area contributed by atoms with Crippen LogP contribution in [0.4, 0.5) is 13.2 Å². The first-order chi connectivity index (χ1) is 9.93. The minimum absolute atomic E-state index is 0.101. The number of halogens is 3. The molecule has 0 radical (unpaired) electrons. The van der Waals surface area contributed by atoms with Crippen molar-refractivity contribution in [2.24, 2.45) is 5.14 Å². The summed E-state index contributed by atoms with van der Waals surface area (Å²) in [4.78, 5) is 12.0. The van der Waals surface area contributed by atoms with Crippen molar-refractivity contribution >= 4 is 28.7 Å². The van der Waals surface area contributed by atoms with E-state index in [-0.39, 0.29) is 5.56 Å². The number of esters is 1. The van der Waals surface area contributed by atoms with E-state index in [2.05, 4.69) is 4.74 Å². The van der Waals surface area contributed by atoms with E-state index in [9.17, 15) is 18.0 Å². The molecular formula is C14H12F3NO2S. The van der Waals surface area contributed by atoms with Gasteiger partial charge in [0, 0.05) is 0 Å². The van der Waals surface area contributed by atoms with Gasteiger partial charge in [0.2, 0.25) is 6.10 Å². The van der Waals surface area contributed by atoms with Gasteiger partial charge in [0.25, 0.3) is 0 Å². The van der Waals surface area contributed by atoms with Crippen LogP contribution in [0.15, 0.2) is 42.5 Å². The monoisotopic (exact) mass is 315 g/mol. The van der Waals surface area contributed by atoms with Crippen molar-refractivity contribution in [3.63, 3.8) is 0 Å². The predicted molar refractivity (Wildman–Crippen MR) is 75.9 cm³/mol. The number of ether oxygens (including phenoxy) is 1. The SMILES string of the molecule is NSCC(OC(=O)c1cccc2ccccc12)C(F)(F)F. The Morgan fingerprint density at radius 2 is 1.86 bits per heavy atom. The lowest BCUT2D eigenvalue weighted by Gasteiger charge is -2.20. The maximum atomic E-state index is 12.8. The van der Waals surface area contributed by atoms with Gasteiger partial charge in [-0.05, 0) is 16.8 Å². The molecule has 21 heavy (non-hydrogen) atoms. The van der Waals surface area contributed by atoms with E-state index in [1.165, 1.54) is 6.07 Å². The Morgan fingerprint density at radius 1 is 1.19 bits per heavy atom. The molecule has 1 unspecified atom stereocenters. The number of rotatable bonds is 4. The van der Waals surface area contributed by atoms with E-state index in [0.717, 1.165) is 5.39 Å². The van der Waals surface area contributed by atoms with Crippen LogP contribution in [0.1, 0.15) is 10.4 Å². The van der Waals surface area contributed by atoms with Crippen LogP contribution in [0.25, 0.3) is 10.8 Å². The highest BCUT2D eigenvalue weighted by Crippen LogP contribution is 2.27. The zero-order chi connectivity index (χ0) is 15.5. The molecule has 7 heteroatoms.